The van der Waals surface area contributed by atoms with Crippen LogP contribution in [0, 0.1) is 0 Å². The third kappa shape index (κ3) is 2.42. The number of ether oxygens (including phenoxy) is 1. The molecule has 1 saturated heterocycles. The van der Waals surface area contributed by atoms with Gasteiger partial charge in [-0.1, -0.05) is 38.1 Å². The molecule has 92 valence electrons. The summed E-state index contributed by atoms with van der Waals surface area (Å²) in [5.74, 6) is 0.533. The quantitative estimate of drug-likeness (QED) is 0.749. The second-order valence-electron chi connectivity index (χ2n) is 5.16. The smallest absolute Gasteiger partial charge is 0.130 e. The first-order chi connectivity index (χ1) is 8.18. The molecule has 1 aromatic rings. The van der Waals surface area contributed by atoms with Gasteiger partial charge in [0.15, 0.2) is 0 Å². The van der Waals surface area contributed by atoms with Gasteiger partial charge in [0.05, 0.1) is 5.41 Å². The van der Waals surface area contributed by atoms with Gasteiger partial charge in [0.25, 0.3) is 0 Å². The number of rotatable bonds is 3. The summed E-state index contributed by atoms with van der Waals surface area (Å²) in [5, 5.41) is 0. The van der Waals surface area contributed by atoms with Crippen molar-refractivity contribution in [3.8, 4) is 0 Å². The molecule has 2 nitrogen and oxygen atoms in total. The Bertz CT molecular complexity index is 372. The van der Waals surface area contributed by atoms with Crippen LogP contribution in [0.2, 0.25) is 0 Å². The van der Waals surface area contributed by atoms with E-state index in [1.165, 1.54) is 5.56 Å². The molecule has 1 aliphatic heterocycles. The predicted octanol–water partition coefficient (Wildman–Crippen LogP) is 3.06. The Labute approximate surface area is 103 Å². The van der Waals surface area contributed by atoms with Crippen LogP contribution in [-0.2, 0) is 14.9 Å². The van der Waals surface area contributed by atoms with Gasteiger partial charge in [0, 0.05) is 13.2 Å². The molecule has 1 fully saturated rings. The lowest BCUT2D eigenvalue weighted by molar-refractivity contribution is -0.115. The first-order valence-corrected chi connectivity index (χ1v) is 6.32. The Morgan fingerprint density at radius 3 is 2.24 bits per heavy atom. The first kappa shape index (κ1) is 12.3. The van der Waals surface area contributed by atoms with Crippen molar-refractivity contribution in [3.63, 3.8) is 0 Å². The van der Waals surface area contributed by atoms with Gasteiger partial charge in [-0.2, -0.15) is 0 Å². The lowest BCUT2D eigenvalue weighted by Gasteiger charge is -2.32. The van der Waals surface area contributed by atoms with Crippen molar-refractivity contribution >= 4 is 6.29 Å². The van der Waals surface area contributed by atoms with E-state index >= 15 is 0 Å². The van der Waals surface area contributed by atoms with Crippen LogP contribution in [0.3, 0.4) is 0 Å². The van der Waals surface area contributed by atoms with E-state index < -0.39 is 0 Å². The fourth-order valence-corrected chi connectivity index (χ4v) is 2.41. The zero-order chi connectivity index (χ0) is 12.3. The van der Waals surface area contributed by atoms with Crippen molar-refractivity contribution in [1.82, 2.24) is 0 Å². The van der Waals surface area contributed by atoms with Gasteiger partial charge in [-0.05, 0) is 29.9 Å². The molecule has 0 aliphatic carbocycles. The molecule has 0 unspecified atom stereocenters. The minimum atomic E-state index is -0.312. The van der Waals surface area contributed by atoms with Crippen LogP contribution < -0.4 is 0 Å². The molecule has 0 N–H and O–H groups in total. The average Bonchev–Trinajstić information content (AvgIpc) is 2.39. The molecule has 0 spiro atoms. The van der Waals surface area contributed by atoms with Gasteiger partial charge in [-0.15, -0.1) is 0 Å². The summed E-state index contributed by atoms with van der Waals surface area (Å²) < 4.78 is 5.35. The van der Waals surface area contributed by atoms with Crippen molar-refractivity contribution in [2.75, 3.05) is 13.2 Å². The van der Waals surface area contributed by atoms with Gasteiger partial charge in [0.1, 0.15) is 6.29 Å². The van der Waals surface area contributed by atoms with Gasteiger partial charge >= 0.3 is 0 Å². The molecule has 0 aromatic heterocycles. The number of hydrogen-bond acceptors (Lipinski definition) is 2. The fourth-order valence-electron chi connectivity index (χ4n) is 2.41. The summed E-state index contributed by atoms with van der Waals surface area (Å²) in [7, 11) is 0. The van der Waals surface area contributed by atoms with E-state index in [9.17, 15) is 4.79 Å². The van der Waals surface area contributed by atoms with Crippen LogP contribution in [0.1, 0.15) is 43.7 Å². The zero-order valence-electron chi connectivity index (χ0n) is 10.6. The molecule has 0 saturated carbocycles. The van der Waals surface area contributed by atoms with Crippen molar-refractivity contribution in [1.29, 1.82) is 0 Å². The molecule has 2 rings (SSSR count). The molecule has 17 heavy (non-hydrogen) atoms. The highest BCUT2D eigenvalue weighted by Gasteiger charge is 2.34. The third-order valence-electron chi connectivity index (χ3n) is 3.76. The molecule has 0 atom stereocenters. The second-order valence-corrected chi connectivity index (χ2v) is 5.16. The Kier molecular flexibility index (Phi) is 3.63. The maximum Gasteiger partial charge on any atom is 0.130 e. The molecule has 1 heterocycles. The van der Waals surface area contributed by atoms with E-state index in [-0.39, 0.29) is 5.41 Å². The summed E-state index contributed by atoms with van der Waals surface area (Å²) in [6, 6.07) is 8.49. The number of benzene rings is 1. The van der Waals surface area contributed by atoms with Crippen LogP contribution in [0.5, 0.6) is 0 Å². The highest BCUT2D eigenvalue weighted by molar-refractivity contribution is 5.69. The molecule has 1 aromatic carbocycles. The number of hydrogen-bond donors (Lipinski definition) is 0. The highest BCUT2D eigenvalue weighted by Crippen LogP contribution is 2.33. The van der Waals surface area contributed by atoms with Crippen LogP contribution in [0.25, 0.3) is 0 Å². The van der Waals surface area contributed by atoms with Crippen LogP contribution >= 0.6 is 0 Å². The Morgan fingerprint density at radius 2 is 1.76 bits per heavy atom. The van der Waals surface area contributed by atoms with Crippen molar-refractivity contribution < 1.29 is 9.53 Å². The largest absolute Gasteiger partial charge is 0.381 e. The number of carbonyl (C=O) groups is 1. The standard InChI is InChI=1S/C15H20O2/c1-12(2)13-3-5-14(6-4-13)15(11-16)7-9-17-10-8-15/h3-6,11-12H,7-10H2,1-2H3. The Hall–Kier alpha value is -1.15. The lowest BCUT2D eigenvalue weighted by Crippen LogP contribution is -2.35. The van der Waals surface area contributed by atoms with Crippen LogP contribution in [0.4, 0.5) is 0 Å². The van der Waals surface area contributed by atoms with E-state index in [2.05, 4.69) is 38.1 Å². The van der Waals surface area contributed by atoms with Crippen LogP contribution in [0.15, 0.2) is 24.3 Å². The Balaban J connectivity index is 2.27. The van der Waals surface area contributed by atoms with Crippen molar-refractivity contribution in [2.45, 2.75) is 38.0 Å². The molecular weight excluding hydrogens is 212 g/mol. The molecule has 0 bridgehead atoms. The predicted molar refractivity (Wildman–Crippen MR) is 68.3 cm³/mol. The Morgan fingerprint density at radius 1 is 1.18 bits per heavy atom. The topological polar surface area (TPSA) is 26.3 Å². The van der Waals surface area contributed by atoms with E-state index in [4.69, 9.17) is 4.74 Å². The van der Waals surface area contributed by atoms with E-state index in [0.717, 1.165) is 24.7 Å². The summed E-state index contributed by atoms with van der Waals surface area (Å²) in [6.45, 7) is 5.73. The molecular formula is C15H20O2. The minimum Gasteiger partial charge on any atom is -0.381 e. The van der Waals surface area contributed by atoms with Gasteiger partial charge in [-0.25, -0.2) is 0 Å². The summed E-state index contributed by atoms with van der Waals surface area (Å²) >= 11 is 0. The summed E-state index contributed by atoms with van der Waals surface area (Å²) in [4.78, 5) is 11.4. The average molecular weight is 232 g/mol. The SMILES string of the molecule is CC(C)c1ccc(C2(C=O)CCOCC2)cc1. The lowest BCUT2D eigenvalue weighted by atomic mass is 9.75. The fraction of sp³-hybridized carbons (Fsp3) is 0.533. The molecule has 0 amide bonds. The highest BCUT2D eigenvalue weighted by atomic mass is 16.5. The second kappa shape index (κ2) is 5.01. The number of aldehydes is 1. The maximum absolute atomic E-state index is 11.4. The van der Waals surface area contributed by atoms with E-state index in [1.807, 2.05) is 0 Å². The monoisotopic (exact) mass is 232 g/mol. The number of carbonyl (C=O) groups excluding carboxylic acids is 1. The van der Waals surface area contributed by atoms with Crippen LogP contribution in [-0.4, -0.2) is 19.5 Å². The van der Waals surface area contributed by atoms with Crippen molar-refractivity contribution in [2.24, 2.45) is 0 Å². The van der Waals surface area contributed by atoms with Gasteiger partial charge in [0.2, 0.25) is 0 Å². The molecule has 0 radical (unpaired) electrons. The van der Waals surface area contributed by atoms with Gasteiger partial charge < -0.3 is 9.53 Å². The molecule has 2 heteroatoms. The molecule has 1 aliphatic rings. The third-order valence-corrected chi connectivity index (χ3v) is 3.76. The zero-order valence-corrected chi connectivity index (χ0v) is 10.6. The normalized spacial score (nSPS) is 19.2. The van der Waals surface area contributed by atoms with Crippen molar-refractivity contribution in [3.05, 3.63) is 35.4 Å². The first-order valence-electron chi connectivity index (χ1n) is 6.32. The summed E-state index contributed by atoms with van der Waals surface area (Å²) in [5.41, 5.74) is 2.15. The van der Waals surface area contributed by atoms with E-state index in [0.29, 0.717) is 19.1 Å². The van der Waals surface area contributed by atoms with Gasteiger partial charge in [-0.3, -0.25) is 0 Å². The minimum absolute atomic E-state index is 0.312. The van der Waals surface area contributed by atoms with E-state index in [1.54, 1.807) is 0 Å². The summed E-state index contributed by atoms with van der Waals surface area (Å²) in [6.07, 6.45) is 2.72. The maximum atomic E-state index is 11.4.